The van der Waals surface area contributed by atoms with E-state index in [0.29, 0.717) is 0 Å². The van der Waals surface area contributed by atoms with Crippen LogP contribution in [0.1, 0.15) is 38.5 Å². The Balaban J connectivity index is 5.82. The van der Waals surface area contributed by atoms with E-state index in [1.165, 1.54) is 4.74 Å². The fourth-order valence-corrected chi connectivity index (χ4v) is 2.40. The molecule has 1 nitrogen and oxygen atoms in total. The van der Waals surface area contributed by atoms with E-state index in [1.54, 1.807) is 0 Å². The first-order valence-electron chi connectivity index (χ1n) is 9.35. The number of ether oxygens (including phenoxy) is 1. The Morgan fingerprint density at radius 2 is 0.676 bits per heavy atom. The number of hydrogen-bond donors (Lipinski definition) is 0. The first-order chi connectivity index (χ1) is 16.0. The molecule has 224 valence electrons. The van der Waals surface area contributed by atoms with E-state index in [4.69, 9.17) is 0 Å². The van der Waals surface area contributed by atoms with E-state index < -0.39 is 99.1 Å². The third-order valence-electron chi connectivity index (χ3n) is 4.45. The molecule has 37 heavy (non-hydrogen) atoms. The lowest BCUT2D eigenvalue weighted by atomic mass is 9.99. The van der Waals surface area contributed by atoms with Gasteiger partial charge in [0, 0.05) is 12.8 Å². The molecule has 0 aliphatic carbocycles. The van der Waals surface area contributed by atoms with Gasteiger partial charge < -0.3 is 0 Å². The third kappa shape index (κ3) is 8.27. The average molecular weight is 602 g/mol. The van der Waals surface area contributed by atoms with Gasteiger partial charge in [-0.05, 0) is 25.7 Å². The second kappa shape index (κ2) is 11.0. The van der Waals surface area contributed by atoms with Crippen molar-refractivity contribution in [1.29, 1.82) is 0 Å². The molecule has 0 heterocycles. The van der Waals surface area contributed by atoms with Crippen LogP contribution >= 0.6 is 0 Å². The second-order valence-electron chi connectivity index (χ2n) is 7.48. The van der Waals surface area contributed by atoms with E-state index in [9.17, 15) is 87.8 Å². The first kappa shape index (κ1) is 35.6. The summed E-state index contributed by atoms with van der Waals surface area (Å²) in [7, 11) is 0. The van der Waals surface area contributed by atoms with Crippen molar-refractivity contribution in [2.24, 2.45) is 0 Å². The highest BCUT2D eigenvalue weighted by Crippen LogP contribution is 2.56. The van der Waals surface area contributed by atoms with Crippen molar-refractivity contribution in [3.05, 3.63) is 0 Å². The van der Waals surface area contributed by atoms with Gasteiger partial charge in [-0.1, -0.05) is 0 Å². The zero-order valence-corrected chi connectivity index (χ0v) is 17.4. The summed E-state index contributed by atoms with van der Waals surface area (Å²) >= 11 is 0. The minimum Gasteiger partial charge on any atom is -0.245 e. The Hall–Kier alpha value is -1.44. The van der Waals surface area contributed by atoms with Crippen molar-refractivity contribution < 1.29 is 92.5 Å². The largest absolute Gasteiger partial charge is 0.430 e. The number of alkyl halides is 20. The quantitative estimate of drug-likeness (QED) is 0.181. The fraction of sp³-hybridized carbons (Fsp3) is 1.00. The van der Waals surface area contributed by atoms with E-state index in [0.717, 1.165) is 0 Å². The zero-order valence-electron chi connectivity index (χ0n) is 17.4. The van der Waals surface area contributed by atoms with Gasteiger partial charge in [-0.3, -0.25) is 0 Å². The molecule has 0 rings (SSSR count). The summed E-state index contributed by atoms with van der Waals surface area (Å²) in [6, 6.07) is 0. The molecule has 0 fully saturated rings. The van der Waals surface area contributed by atoms with Gasteiger partial charge in [-0.25, -0.2) is 13.5 Å². The molecule has 2 unspecified atom stereocenters. The maximum absolute atomic E-state index is 13.5. The SMILES string of the molecule is FC(CCCC(F)(F)F)C(F)(F)C(F)(F)C(F)(F)OC(F)(F)C(F)(F)C(F)(F)C(F)CCCC(F)(F)F. The van der Waals surface area contributed by atoms with Crippen LogP contribution in [0.4, 0.5) is 87.8 Å². The Labute approximate surface area is 193 Å². The fourth-order valence-electron chi connectivity index (χ4n) is 2.40. The molecule has 0 spiro atoms. The summed E-state index contributed by atoms with van der Waals surface area (Å²) in [5.74, 6) is -29.0. The predicted molar refractivity (Wildman–Crippen MR) is 80.4 cm³/mol. The molecule has 0 N–H and O–H groups in total. The van der Waals surface area contributed by atoms with Crippen molar-refractivity contribution in [3.63, 3.8) is 0 Å². The molecule has 0 bridgehead atoms. The standard InChI is InChI=1S/C16H14F20O/c17-7(3-1-5-9(19,20)21)11(25,26)13(29,30)15(33,34)37-16(35,36)14(31,32)12(27,28)8(18)4-2-6-10(22,23)24/h7-8H,1-6H2. The van der Waals surface area contributed by atoms with E-state index in [2.05, 4.69) is 0 Å². The highest BCUT2D eigenvalue weighted by molar-refractivity contribution is 5.01. The summed E-state index contributed by atoms with van der Waals surface area (Å²) in [6.45, 7) is 0. The van der Waals surface area contributed by atoms with Gasteiger partial charge in [0.05, 0.1) is 0 Å². The molecule has 0 aliphatic rings. The molecule has 0 saturated heterocycles. The van der Waals surface area contributed by atoms with Gasteiger partial charge >= 0.3 is 48.3 Å². The zero-order chi connectivity index (χ0) is 30.1. The van der Waals surface area contributed by atoms with E-state index in [1.807, 2.05) is 0 Å². The topological polar surface area (TPSA) is 9.23 Å². The van der Waals surface area contributed by atoms with Gasteiger partial charge in [-0.15, -0.1) is 0 Å². The van der Waals surface area contributed by atoms with Crippen molar-refractivity contribution in [2.45, 2.75) is 99.1 Å². The van der Waals surface area contributed by atoms with E-state index >= 15 is 0 Å². The Bertz CT molecular complexity index is 663. The maximum atomic E-state index is 13.5. The van der Waals surface area contributed by atoms with Crippen molar-refractivity contribution >= 4 is 0 Å². The smallest absolute Gasteiger partial charge is 0.245 e. The second-order valence-corrected chi connectivity index (χ2v) is 7.48. The average Bonchev–Trinajstić information content (AvgIpc) is 2.64. The molecule has 0 amide bonds. The highest BCUT2D eigenvalue weighted by atomic mass is 19.4. The molecule has 0 radical (unpaired) electrons. The van der Waals surface area contributed by atoms with Gasteiger partial charge in [0.15, 0.2) is 12.3 Å². The molecule has 21 heteroatoms. The Morgan fingerprint density at radius 3 is 0.892 bits per heavy atom. The van der Waals surface area contributed by atoms with Crippen LogP contribution in [0.25, 0.3) is 0 Å². The summed E-state index contributed by atoms with van der Waals surface area (Å²) in [5, 5.41) is 0. The predicted octanol–water partition coefficient (Wildman–Crippen LogP) is 8.87. The number of halogens is 20. The normalized spacial score (nSPS) is 17.2. The van der Waals surface area contributed by atoms with Crippen LogP contribution < -0.4 is 0 Å². The molecule has 0 aromatic carbocycles. The first-order valence-corrected chi connectivity index (χ1v) is 9.35. The molecular weight excluding hydrogens is 588 g/mol. The number of hydrogen-bond acceptors (Lipinski definition) is 1. The van der Waals surface area contributed by atoms with Crippen LogP contribution in [0, 0.1) is 0 Å². The lowest BCUT2D eigenvalue weighted by Crippen LogP contribution is -2.65. The highest BCUT2D eigenvalue weighted by Gasteiger charge is 2.82. The van der Waals surface area contributed by atoms with Gasteiger partial charge in [0.1, 0.15) is 0 Å². The Kier molecular flexibility index (Phi) is 10.5. The molecule has 0 aromatic heterocycles. The lowest BCUT2D eigenvalue weighted by Gasteiger charge is -2.38. The van der Waals surface area contributed by atoms with Gasteiger partial charge in [-0.2, -0.15) is 79.0 Å². The van der Waals surface area contributed by atoms with Crippen molar-refractivity contribution in [3.8, 4) is 0 Å². The van der Waals surface area contributed by atoms with Crippen LogP contribution in [-0.2, 0) is 4.74 Å². The summed E-state index contributed by atoms with van der Waals surface area (Å²) < 4.78 is 261. The van der Waals surface area contributed by atoms with Crippen molar-refractivity contribution in [2.75, 3.05) is 0 Å². The molecule has 0 aromatic rings. The maximum Gasteiger partial charge on any atom is 0.430 e. The molecule has 2 atom stereocenters. The summed E-state index contributed by atoms with van der Waals surface area (Å²) in [5.41, 5.74) is 0. The van der Waals surface area contributed by atoms with Crippen LogP contribution in [0.5, 0.6) is 0 Å². The van der Waals surface area contributed by atoms with Crippen LogP contribution in [0.15, 0.2) is 0 Å². The minimum atomic E-state index is -7.66. The third-order valence-corrected chi connectivity index (χ3v) is 4.45. The lowest BCUT2D eigenvalue weighted by molar-refractivity contribution is -0.504. The van der Waals surface area contributed by atoms with Gasteiger partial charge in [0.2, 0.25) is 0 Å². The summed E-state index contributed by atoms with van der Waals surface area (Å²) in [4.78, 5) is 0. The minimum absolute atomic E-state index is 1.53. The number of rotatable bonds is 14. The van der Waals surface area contributed by atoms with Crippen LogP contribution in [-0.4, -0.2) is 60.6 Å². The van der Waals surface area contributed by atoms with Crippen molar-refractivity contribution in [1.82, 2.24) is 0 Å². The summed E-state index contributed by atoms with van der Waals surface area (Å²) in [6.07, 6.45) is -47.2. The Morgan fingerprint density at radius 1 is 0.432 bits per heavy atom. The molecular formula is C16H14F20O. The molecule has 0 aliphatic heterocycles. The molecule has 0 saturated carbocycles. The van der Waals surface area contributed by atoms with Crippen LogP contribution in [0.3, 0.4) is 0 Å². The van der Waals surface area contributed by atoms with E-state index in [-0.39, 0.29) is 0 Å². The van der Waals surface area contributed by atoms with Crippen LogP contribution in [0.2, 0.25) is 0 Å². The monoisotopic (exact) mass is 602 g/mol. The van der Waals surface area contributed by atoms with Gasteiger partial charge in [0.25, 0.3) is 0 Å².